The second-order valence-electron chi connectivity index (χ2n) is 10.0. The first-order valence-corrected chi connectivity index (χ1v) is 12.9. The highest BCUT2D eigenvalue weighted by Crippen LogP contribution is 2.34. The van der Waals surface area contributed by atoms with Gasteiger partial charge in [0.05, 0.1) is 28.7 Å². The Labute approximate surface area is 224 Å². The fraction of sp³-hybridized carbons (Fsp3) is 0.233. The maximum Gasteiger partial charge on any atom is 0.272 e. The predicted octanol–water partition coefficient (Wildman–Crippen LogP) is 4.55. The molecular formula is C30H27FN6O2. The molecule has 2 aromatic heterocycles. The number of hydrogen-bond donors (Lipinski definition) is 1. The zero-order chi connectivity index (χ0) is 27.1. The van der Waals surface area contributed by atoms with Crippen molar-refractivity contribution in [2.75, 3.05) is 6.54 Å². The highest BCUT2D eigenvalue weighted by atomic mass is 19.1. The molecule has 8 nitrogen and oxygen atoms in total. The van der Waals surface area contributed by atoms with Gasteiger partial charge >= 0.3 is 0 Å². The average molecular weight is 523 g/mol. The maximum absolute atomic E-state index is 15.2. The second kappa shape index (κ2) is 9.90. The van der Waals surface area contributed by atoms with Gasteiger partial charge in [-0.1, -0.05) is 54.6 Å². The minimum atomic E-state index is -0.586. The van der Waals surface area contributed by atoms with Gasteiger partial charge < -0.3 is 9.47 Å². The Balaban J connectivity index is 1.37. The number of nitrogens with zero attached hydrogens (tertiary/aromatic N) is 5. The topological polar surface area (TPSA) is 96.8 Å². The molecule has 0 saturated heterocycles. The van der Waals surface area contributed by atoms with Crippen LogP contribution in [0.25, 0.3) is 10.8 Å². The van der Waals surface area contributed by atoms with Gasteiger partial charge in [-0.3, -0.25) is 9.59 Å². The molecule has 39 heavy (non-hydrogen) atoms. The number of fused-ring (bicyclic) bond motifs is 2. The molecule has 3 heterocycles. The van der Waals surface area contributed by atoms with Crippen molar-refractivity contribution in [3.63, 3.8) is 0 Å². The van der Waals surface area contributed by atoms with E-state index < -0.39 is 17.8 Å². The minimum absolute atomic E-state index is 0.00354. The van der Waals surface area contributed by atoms with E-state index in [0.29, 0.717) is 41.9 Å². The molecule has 3 aromatic carbocycles. The highest BCUT2D eigenvalue weighted by molar-refractivity contribution is 5.95. The van der Waals surface area contributed by atoms with Crippen LogP contribution in [-0.4, -0.2) is 42.3 Å². The summed E-state index contributed by atoms with van der Waals surface area (Å²) in [4.78, 5) is 27.9. The zero-order valence-corrected chi connectivity index (χ0v) is 21.6. The van der Waals surface area contributed by atoms with Gasteiger partial charge in [-0.2, -0.15) is 5.10 Å². The van der Waals surface area contributed by atoms with Crippen molar-refractivity contribution in [2.45, 2.75) is 38.8 Å². The normalized spacial score (nSPS) is 16.8. The molecule has 2 unspecified atom stereocenters. The van der Waals surface area contributed by atoms with Gasteiger partial charge in [0.2, 0.25) is 0 Å². The Morgan fingerprint density at radius 1 is 1.00 bits per heavy atom. The largest absolute Gasteiger partial charge is 0.326 e. The standard InChI is InChI=1S/C30H27FN6O2/c1-18-17-36(27(16-20-8-4-3-5-9-20)28-34-32-19(2)37(18)28)30(39)24-14-21(12-13-25(24)31)15-26-22-10-6-7-11-23(22)29(38)35-33-26/h3-14,18,27H,15-17H2,1-2H3,(H,35,38). The molecule has 0 aliphatic carbocycles. The number of amides is 1. The van der Waals surface area contributed by atoms with E-state index in [4.69, 9.17) is 0 Å². The van der Waals surface area contributed by atoms with Crippen LogP contribution in [0.15, 0.2) is 77.6 Å². The molecule has 0 spiro atoms. The first-order chi connectivity index (χ1) is 18.9. The molecule has 196 valence electrons. The van der Waals surface area contributed by atoms with Crippen molar-refractivity contribution in [3.05, 3.63) is 123 Å². The van der Waals surface area contributed by atoms with E-state index in [2.05, 4.69) is 25.0 Å². The van der Waals surface area contributed by atoms with Crippen molar-refractivity contribution in [1.82, 2.24) is 29.9 Å². The van der Waals surface area contributed by atoms with Crippen LogP contribution < -0.4 is 5.56 Å². The Morgan fingerprint density at radius 2 is 1.74 bits per heavy atom. The number of aromatic amines is 1. The summed E-state index contributed by atoms with van der Waals surface area (Å²) in [6, 6.07) is 21.2. The van der Waals surface area contributed by atoms with Crippen molar-refractivity contribution in [2.24, 2.45) is 0 Å². The third kappa shape index (κ3) is 4.50. The molecular weight excluding hydrogens is 495 g/mol. The Hall–Kier alpha value is -4.66. The lowest BCUT2D eigenvalue weighted by Crippen LogP contribution is -2.45. The Kier molecular flexibility index (Phi) is 6.26. The van der Waals surface area contributed by atoms with E-state index in [9.17, 15) is 9.59 Å². The summed E-state index contributed by atoms with van der Waals surface area (Å²) >= 11 is 0. The molecule has 6 rings (SSSR count). The third-order valence-electron chi connectivity index (χ3n) is 7.41. The van der Waals surface area contributed by atoms with Crippen LogP contribution >= 0.6 is 0 Å². The molecule has 0 fully saturated rings. The van der Waals surface area contributed by atoms with Gasteiger partial charge in [-0.15, -0.1) is 10.2 Å². The molecule has 5 aromatic rings. The fourth-order valence-corrected chi connectivity index (χ4v) is 5.55. The van der Waals surface area contributed by atoms with Gasteiger partial charge in [0, 0.05) is 24.8 Å². The summed E-state index contributed by atoms with van der Waals surface area (Å²) < 4.78 is 17.3. The lowest BCUT2D eigenvalue weighted by molar-refractivity contribution is 0.0572. The fourth-order valence-electron chi connectivity index (χ4n) is 5.55. The SMILES string of the molecule is Cc1nnc2n1C(C)CN(C(=O)c1cc(Cc3n[nH]c(=O)c4ccccc34)ccc1F)C2Cc1ccccc1. The Bertz CT molecular complexity index is 1750. The van der Waals surface area contributed by atoms with E-state index in [0.717, 1.165) is 16.8 Å². The van der Waals surface area contributed by atoms with E-state index in [1.807, 2.05) is 56.3 Å². The van der Waals surface area contributed by atoms with Crippen LogP contribution in [-0.2, 0) is 12.8 Å². The van der Waals surface area contributed by atoms with Crippen LogP contribution in [0.5, 0.6) is 0 Å². The predicted molar refractivity (Wildman–Crippen MR) is 145 cm³/mol. The van der Waals surface area contributed by atoms with Gasteiger partial charge in [0.15, 0.2) is 5.82 Å². The van der Waals surface area contributed by atoms with Gasteiger partial charge in [0.1, 0.15) is 11.6 Å². The summed E-state index contributed by atoms with van der Waals surface area (Å²) in [7, 11) is 0. The molecule has 0 radical (unpaired) electrons. The zero-order valence-electron chi connectivity index (χ0n) is 21.6. The quantitative estimate of drug-likeness (QED) is 0.365. The number of aryl methyl sites for hydroxylation is 1. The van der Waals surface area contributed by atoms with Gasteiger partial charge in [-0.05, 0) is 43.2 Å². The first kappa shape index (κ1) is 24.7. The lowest BCUT2D eigenvalue weighted by atomic mass is 9.98. The number of benzene rings is 3. The molecule has 2 atom stereocenters. The molecule has 9 heteroatoms. The summed E-state index contributed by atoms with van der Waals surface area (Å²) in [5.41, 5.74) is 2.14. The van der Waals surface area contributed by atoms with Crippen molar-refractivity contribution < 1.29 is 9.18 Å². The summed E-state index contributed by atoms with van der Waals surface area (Å²) in [6.45, 7) is 4.32. The van der Waals surface area contributed by atoms with Crippen molar-refractivity contribution >= 4 is 16.7 Å². The van der Waals surface area contributed by atoms with Crippen LogP contribution in [0, 0.1) is 12.7 Å². The number of aromatic nitrogens is 5. The molecule has 0 saturated carbocycles. The average Bonchev–Trinajstić information content (AvgIpc) is 3.35. The monoisotopic (exact) mass is 522 g/mol. The summed E-state index contributed by atoms with van der Waals surface area (Å²) in [5.74, 6) is 0.506. The number of hydrogen-bond acceptors (Lipinski definition) is 5. The third-order valence-corrected chi connectivity index (χ3v) is 7.41. The minimum Gasteiger partial charge on any atom is -0.326 e. The number of nitrogens with one attached hydrogen (secondary N) is 1. The van der Waals surface area contributed by atoms with Crippen LogP contribution in [0.1, 0.15) is 57.8 Å². The molecule has 1 N–H and O–H groups in total. The number of H-pyrrole nitrogens is 1. The first-order valence-electron chi connectivity index (χ1n) is 12.9. The number of carbonyl (C=O) groups is 1. The number of carbonyl (C=O) groups excluding carboxylic acids is 1. The lowest BCUT2D eigenvalue weighted by Gasteiger charge is -2.39. The molecule has 1 aliphatic rings. The van der Waals surface area contributed by atoms with E-state index in [1.54, 1.807) is 29.2 Å². The van der Waals surface area contributed by atoms with Crippen molar-refractivity contribution in [3.8, 4) is 0 Å². The molecule has 1 amide bonds. The smallest absolute Gasteiger partial charge is 0.272 e. The summed E-state index contributed by atoms with van der Waals surface area (Å²) in [6.07, 6.45) is 0.862. The van der Waals surface area contributed by atoms with Crippen LogP contribution in [0.3, 0.4) is 0 Å². The second-order valence-corrected chi connectivity index (χ2v) is 10.0. The molecule has 0 bridgehead atoms. The van der Waals surface area contributed by atoms with E-state index in [1.165, 1.54) is 6.07 Å². The van der Waals surface area contributed by atoms with Gasteiger partial charge in [-0.25, -0.2) is 9.49 Å². The van der Waals surface area contributed by atoms with Crippen LogP contribution in [0.4, 0.5) is 4.39 Å². The number of rotatable bonds is 5. The van der Waals surface area contributed by atoms with Gasteiger partial charge in [0.25, 0.3) is 11.5 Å². The summed E-state index contributed by atoms with van der Waals surface area (Å²) in [5, 5.41) is 16.8. The highest BCUT2D eigenvalue weighted by Gasteiger charge is 2.38. The van der Waals surface area contributed by atoms with Crippen LogP contribution in [0.2, 0.25) is 0 Å². The maximum atomic E-state index is 15.2. The van der Waals surface area contributed by atoms with E-state index >= 15 is 4.39 Å². The molecule has 1 aliphatic heterocycles. The van der Waals surface area contributed by atoms with E-state index in [-0.39, 0.29) is 17.2 Å². The van der Waals surface area contributed by atoms with Crippen molar-refractivity contribution in [1.29, 1.82) is 0 Å². The Morgan fingerprint density at radius 3 is 2.54 bits per heavy atom. The number of halogens is 1.